The molecule has 0 amide bonds. The Balaban J connectivity index is 2.07. The van der Waals surface area contributed by atoms with E-state index < -0.39 is 0 Å². The quantitative estimate of drug-likeness (QED) is 0.688. The van der Waals surface area contributed by atoms with Crippen molar-refractivity contribution in [2.24, 2.45) is 0 Å². The van der Waals surface area contributed by atoms with Gasteiger partial charge < -0.3 is 10.5 Å². The molecule has 2 rings (SSSR count). The van der Waals surface area contributed by atoms with E-state index in [2.05, 4.69) is 15.9 Å². The minimum Gasteiger partial charge on any atom is -0.487 e. The van der Waals surface area contributed by atoms with Crippen LogP contribution in [0.25, 0.3) is 0 Å². The maximum Gasteiger partial charge on any atom is 0.159 e. The van der Waals surface area contributed by atoms with Crippen LogP contribution in [0.1, 0.15) is 22.8 Å². The lowest BCUT2D eigenvalue weighted by Crippen LogP contribution is -2.01. The van der Waals surface area contributed by atoms with Crippen molar-refractivity contribution in [1.82, 2.24) is 0 Å². The second-order valence-electron chi connectivity index (χ2n) is 4.22. The Bertz CT molecular complexity index is 594. The van der Waals surface area contributed by atoms with Gasteiger partial charge in [0, 0.05) is 10.0 Å². The van der Waals surface area contributed by atoms with E-state index in [9.17, 15) is 4.79 Å². The maximum atomic E-state index is 11.2. The van der Waals surface area contributed by atoms with Crippen LogP contribution < -0.4 is 10.5 Å². The summed E-state index contributed by atoms with van der Waals surface area (Å²) < 4.78 is 6.68. The Morgan fingerprint density at radius 2 is 1.89 bits per heavy atom. The molecule has 0 atom stereocenters. The van der Waals surface area contributed by atoms with Crippen LogP contribution in [0.4, 0.5) is 5.69 Å². The number of carbonyl (C=O) groups is 1. The smallest absolute Gasteiger partial charge is 0.159 e. The van der Waals surface area contributed by atoms with E-state index in [0.29, 0.717) is 23.6 Å². The molecule has 0 aliphatic carbocycles. The van der Waals surface area contributed by atoms with E-state index in [1.54, 1.807) is 18.2 Å². The van der Waals surface area contributed by atoms with Crippen LogP contribution >= 0.6 is 15.9 Å². The Morgan fingerprint density at radius 3 is 2.47 bits per heavy atom. The van der Waals surface area contributed by atoms with Crippen molar-refractivity contribution < 1.29 is 9.53 Å². The van der Waals surface area contributed by atoms with Crippen molar-refractivity contribution in [3.63, 3.8) is 0 Å². The molecule has 2 aromatic carbocycles. The number of halogens is 1. The first-order valence-electron chi connectivity index (χ1n) is 5.84. The highest BCUT2D eigenvalue weighted by atomic mass is 79.9. The van der Waals surface area contributed by atoms with E-state index in [1.807, 2.05) is 24.3 Å². The molecular formula is C15H14BrNO2. The van der Waals surface area contributed by atoms with Gasteiger partial charge in [-0.15, -0.1) is 0 Å². The number of nitrogen functional groups attached to an aromatic ring is 1. The zero-order valence-electron chi connectivity index (χ0n) is 10.5. The maximum absolute atomic E-state index is 11.2. The van der Waals surface area contributed by atoms with Crippen molar-refractivity contribution in [2.75, 3.05) is 5.73 Å². The van der Waals surface area contributed by atoms with Crippen LogP contribution in [-0.4, -0.2) is 5.78 Å². The largest absolute Gasteiger partial charge is 0.487 e. The molecular weight excluding hydrogens is 306 g/mol. The summed E-state index contributed by atoms with van der Waals surface area (Å²) in [5.74, 6) is 0.582. The average Bonchev–Trinajstić information content (AvgIpc) is 2.39. The van der Waals surface area contributed by atoms with Gasteiger partial charge >= 0.3 is 0 Å². The summed E-state index contributed by atoms with van der Waals surface area (Å²) in [6.07, 6.45) is 0. The van der Waals surface area contributed by atoms with Crippen LogP contribution in [0.2, 0.25) is 0 Å². The SMILES string of the molecule is CC(=O)c1ccc(OCc2ccc(Br)cc2)c(N)c1. The number of ketones is 1. The number of hydrogen-bond acceptors (Lipinski definition) is 3. The summed E-state index contributed by atoms with van der Waals surface area (Å²) >= 11 is 3.38. The van der Waals surface area contributed by atoms with Crippen molar-refractivity contribution in [2.45, 2.75) is 13.5 Å². The van der Waals surface area contributed by atoms with Crippen molar-refractivity contribution in [3.05, 3.63) is 58.1 Å². The third-order valence-electron chi connectivity index (χ3n) is 2.72. The lowest BCUT2D eigenvalue weighted by Gasteiger charge is -2.10. The van der Waals surface area contributed by atoms with Gasteiger partial charge in [-0.05, 0) is 42.8 Å². The molecule has 2 aromatic rings. The highest BCUT2D eigenvalue weighted by Gasteiger charge is 2.05. The van der Waals surface area contributed by atoms with Crippen molar-refractivity contribution in [3.8, 4) is 5.75 Å². The zero-order chi connectivity index (χ0) is 13.8. The lowest BCUT2D eigenvalue weighted by molar-refractivity contribution is 0.101. The summed E-state index contributed by atoms with van der Waals surface area (Å²) in [6.45, 7) is 1.95. The fraction of sp³-hybridized carbons (Fsp3) is 0.133. The third-order valence-corrected chi connectivity index (χ3v) is 3.25. The average molecular weight is 320 g/mol. The Morgan fingerprint density at radius 1 is 1.21 bits per heavy atom. The van der Waals surface area contributed by atoms with Gasteiger partial charge in [-0.2, -0.15) is 0 Å². The highest BCUT2D eigenvalue weighted by molar-refractivity contribution is 9.10. The van der Waals surface area contributed by atoms with E-state index in [-0.39, 0.29) is 5.78 Å². The standard InChI is InChI=1S/C15H14BrNO2/c1-10(18)12-4-7-15(14(17)8-12)19-9-11-2-5-13(16)6-3-11/h2-8H,9,17H2,1H3. The molecule has 2 N–H and O–H groups in total. The number of hydrogen-bond donors (Lipinski definition) is 1. The molecule has 0 aliphatic heterocycles. The number of rotatable bonds is 4. The predicted molar refractivity (Wildman–Crippen MR) is 79.3 cm³/mol. The predicted octanol–water partition coefficient (Wildman–Crippen LogP) is 3.81. The van der Waals surface area contributed by atoms with Crippen LogP contribution in [0.5, 0.6) is 5.75 Å². The Kier molecular flexibility index (Phi) is 4.22. The molecule has 0 aromatic heterocycles. The van der Waals surface area contributed by atoms with E-state index in [4.69, 9.17) is 10.5 Å². The molecule has 3 nitrogen and oxygen atoms in total. The second kappa shape index (κ2) is 5.89. The van der Waals surface area contributed by atoms with Crippen LogP contribution in [0, 0.1) is 0 Å². The number of carbonyl (C=O) groups excluding carboxylic acids is 1. The van der Waals surface area contributed by atoms with Gasteiger partial charge in [0.25, 0.3) is 0 Å². The summed E-state index contributed by atoms with van der Waals surface area (Å²) in [7, 11) is 0. The topological polar surface area (TPSA) is 52.3 Å². The third kappa shape index (κ3) is 3.58. The normalized spacial score (nSPS) is 10.2. The molecule has 98 valence electrons. The fourth-order valence-corrected chi connectivity index (χ4v) is 1.90. The van der Waals surface area contributed by atoms with Gasteiger partial charge in [0.1, 0.15) is 12.4 Å². The number of nitrogens with two attached hydrogens (primary N) is 1. The molecule has 0 saturated carbocycles. The van der Waals surface area contributed by atoms with Crippen LogP contribution in [-0.2, 0) is 6.61 Å². The molecule has 0 fully saturated rings. The van der Waals surface area contributed by atoms with E-state index >= 15 is 0 Å². The van der Waals surface area contributed by atoms with Gasteiger partial charge in [0.15, 0.2) is 5.78 Å². The number of anilines is 1. The monoisotopic (exact) mass is 319 g/mol. The highest BCUT2D eigenvalue weighted by Crippen LogP contribution is 2.24. The molecule has 19 heavy (non-hydrogen) atoms. The number of Topliss-reactive ketones (excluding diaryl/α,β-unsaturated/α-hetero) is 1. The molecule has 4 heteroatoms. The molecule has 0 bridgehead atoms. The first-order chi connectivity index (χ1) is 9.06. The van der Waals surface area contributed by atoms with E-state index in [1.165, 1.54) is 6.92 Å². The molecule has 0 heterocycles. The number of ether oxygens (including phenoxy) is 1. The molecule has 0 spiro atoms. The molecule has 0 radical (unpaired) electrons. The van der Waals surface area contributed by atoms with Crippen LogP contribution in [0.3, 0.4) is 0 Å². The molecule has 0 saturated heterocycles. The molecule has 0 aliphatic rings. The Hall–Kier alpha value is -1.81. The summed E-state index contributed by atoms with van der Waals surface area (Å²) in [4.78, 5) is 11.2. The van der Waals surface area contributed by atoms with Gasteiger partial charge in [0.2, 0.25) is 0 Å². The van der Waals surface area contributed by atoms with Gasteiger partial charge in [-0.1, -0.05) is 28.1 Å². The fourth-order valence-electron chi connectivity index (χ4n) is 1.64. The number of benzene rings is 2. The van der Waals surface area contributed by atoms with Gasteiger partial charge in [0.05, 0.1) is 5.69 Å². The van der Waals surface area contributed by atoms with Crippen molar-refractivity contribution >= 4 is 27.4 Å². The summed E-state index contributed by atoms with van der Waals surface area (Å²) in [6, 6.07) is 13.0. The van der Waals surface area contributed by atoms with Gasteiger partial charge in [-0.3, -0.25) is 4.79 Å². The first-order valence-corrected chi connectivity index (χ1v) is 6.63. The zero-order valence-corrected chi connectivity index (χ0v) is 12.1. The van der Waals surface area contributed by atoms with Crippen molar-refractivity contribution in [1.29, 1.82) is 0 Å². The van der Waals surface area contributed by atoms with E-state index in [0.717, 1.165) is 10.0 Å². The second-order valence-corrected chi connectivity index (χ2v) is 5.14. The minimum atomic E-state index is -0.00819. The lowest BCUT2D eigenvalue weighted by atomic mass is 10.1. The Labute approximate surface area is 120 Å². The summed E-state index contributed by atoms with van der Waals surface area (Å²) in [5, 5.41) is 0. The van der Waals surface area contributed by atoms with Crippen LogP contribution in [0.15, 0.2) is 46.9 Å². The molecule has 0 unspecified atom stereocenters. The van der Waals surface area contributed by atoms with Gasteiger partial charge in [-0.25, -0.2) is 0 Å². The summed E-state index contributed by atoms with van der Waals surface area (Å²) in [5.41, 5.74) is 7.98. The minimum absolute atomic E-state index is 0.00819. The first kappa shape index (κ1) is 13.6.